The normalized spacial score (nSPS) is 14.8. The van der Waals surface area contributed by atoms with Gasteiger partial charge in [0, 0.05) is 18.3 Å². The highest BCUT2D eigenvalue weighted by Gasteiger charge is 2.19. The van der Waals surface area contributed by atoms with Gasteiger partial charge in [0.1, 0.15) is 11.8 Å². The molecule has 3 nitrogen and oxygen atoms in total. The zero-order valence-corrected chi connectivity index (χ0v) is 12.5. The van der Waals surface area contributed by atoms with E-state index in [0.29, 0.717) is 11.5 Å². The Hall–Kier alpha value is -2.47. The molecule has 1 heterocycles. The van der Waals surface area contributed by atoms with Crippen molar-refractivity contribution in [3.63, 3.8) is 0 Å². The van der Waals surface area contributed by atoms with Crippen molar-refractivity contribution in [1.29, 1.82) is 5.26 Å². The molecule has 0 saturated heterocycles. The monoisotopic (exact) mass is 280 g/mol. The molecule has 0 spiro atoms. The van der Waals surface area contributed by atoms with Gasteiger partial charge in [-0.05, 0) is 36.1 Å². The molecule has 0 unspecified atom stereocenters. The van der Waals surface area contributed by atoms with Crippen LogP contribution >= 0.6 is 0 Å². The molecule has 0 bridgehead atoms. The summed E-state index contributed by atoms with van der Waals surface area (Å²) in [6.45, 7) is 9.29. The van der Waals surface area contributed by atoms with Crippen molar-refractivity contribution in [3.05, 3.63) is 60.0 Å². The second-order valence-corrected chi connectivity index (χ2v) is 5.59. The van der Waals surface area contributed by atoms with Gasteiger partial charge in [0.25, 0.3) is 0 Å². The molecule has 0 amide bonds. The molecule has 0 radical (unpaired) electrons. The Morgan fingerprint density at radius 3 is 2.52 bits per heavy atom. The number of phenolic OH excluding ortho intramolecular Hbond substituents is 1. The average Bonchev–Trinajstić information content (AvgIpc) is 2.46. The highest BCUT2D eigenvalue weighted by molar-refractivity contribution is 5.83. The summed E-state index contributed by atoms with van der Waals surface area (Å²) in [6.07, 6.45) is 4.98. The van der Waals surface area contributed by atoms with Crippen LogP contribution in [0.5, 0.6) is 5.75 Å². The SMILES string of the molecule is C=C1C(C#N)=C(c2ccc(O)cc2)C=CN1CCC(C)C. The summed E-state index contributed by atoms with van der Waals surface area (Å²) in [5.41, 5.74) is 3.09. The Labute approximate surface area is 126 Å². The molecule has 1 aromatic rings. The molecule has 2 rings (SSSR count). The number of hydrogen-bond donors (Lipinski definition) is 1. The maximum absolute atomic E-state index is 9.46. The van der Waals surface area contributed by atoms with Gasteiger partial charge in [-0.2, -0.15) is 5.26 Å². The lowest BCUT2D eigenvalue weighted by molar-refractivity contribution is 0.417. The summed E-state index contributed by atoms with van der Waals surface area (Å²) in [6, 6.07) is 9.13. The molecule has 3 heteroatoms. The van der Waals surface area contributed by atoms with Gasteiger partial charge < -0.3 is 10.0 Å². The van der Waals surface area contributed by atoms with Crippen molar-refractivity contribution in [1.82, 2.24) is 4.90 Å². The summed E-state index contributed by atoms with van der Waals surface area (Å²) in [7, 11) is 0. The van der Waals surface area contributed by atoms with E-state index in [1.807, 2.05) is 29.3 Å². The summed E-state index contributed by atoms with van der Waals surface area (Å²) in [5, 5.41) is 18.8. The van der Waals surface area contributed by atoms with Crippen LogP contribution in [-0.4, -0.2) is 16.6 Å². The van der Waals surface area contributed by atoms with Crippen molar-refractivity contribution >= 4 is 5.57 Å². The first-order valence-corrected chi connectivity index (χ1v) is 7.11. The third-order valence-electron chi connectivity index (χ3n) is 3.56. The minimum Gasteiger partial charge on any atom is -0.508 e. The summed E-state index contributed by atoms with van der Waals surface area (Å²) in [5.74, 6) is 0.828. The van der Waals surface area contributed by atoms with Gasteiger partial charge in [-0.1, -0.05) is 32.6 Å². The van der Waals surface area contributed by atoms with E-state index < -0.39 is 0 Å². The minimum absolute atomic E-state index is 0.218. The third kappa shape index (κ3) is 3.35. The second-order valence-electron chi connectivity index (χ2n) is 5.59. The number of phenols is 1. The first-order valence-electron chi connectivity index (χ1n) is 7.11. The van der Waals surface area contributed by atoms with Crippen LogP contribution in [0.15, 0.2) is 54.4 Å². The van der Waals surface area contributed by atoms with Crippen molar-refractivity contribution in [3.8, 4) is 11.8 Å². The molecule has 0 fully saturated rings. The summed E-state index contributed by atoms with van der Waals surface area (Å²) in [4.78, 5) is 2.03. The zero-order valence-electron chi connectivity index (χ0n) is 12.5. The largest absolute Gasteiger partial charge is 0.508 e. The van der Waals surface area contributed by atoms with Crippen LogP contribution in [0.1, 0.15) is 25.8 Å². The summed E-state index contributed by atoms with van der Waals surface area (Å²) >= 11 is 0. The van der Waals surface area contributed by atoms with Gasteiger partial charge in [0.05, 0.1) is 11.3 Å². The van der Waals surface area contributed by atoms with Gasteiger partial charge in [0.2, 0.25) is 0 Å². The molecular formula is C18H20N2O. The van der Waals surface area contributed by atoms with E-state index in [-0.39, 0.29) is 5.75 Å². The van der Waals surface area contributed by atoms with E-state index in [9.17, 15) is 10.4 Å². The minimum atomic E-state index is 0.218. The number of hydrogen-bond acceptors (Lipinski definition) is 3. The smallest absolute Gasteiger partial charge is 0.115 e. The first-order chi connectivity index (χ1) is 10.0. The first kappa shape index (κ1) is 14.9. The molecule has 0 saturated carbocycles. The quantitative estimate of drug-likeness (QED) is 0.904. The number of nitrogens with zero attached hydrogens (tertiary/aromatic N) is 2. The number of aromatic hydroxyl groups is 1. The van der Waals surface area contributed by atoms with Crippen LogP contribution in [0.25, 0.3) is 5.57 Å². The molecular weight excluding hydrogens is 260 g/mol. The van der Waals surface area contributed by atoms with Crippen LogP contribution in [0.2, 0.25) is 0 Å². The maximum atomic E-state index is 9.46. The molecule has 21 heavy (non-hydrogen) atoms. The molecule has 1 aromatic carbocycles. The third-order valence-corrected chi connectivity index (χ3v) is 3.56. The Kier molecular flexibility index (Phi) is 4.49. The number of nitriles is 1. The highest BCUT2D eigenvalue weighted by Crippen LogP contribution is 2.31. The standard InChI is InChI=1S/C18H20N2O/c1-13(2)8-10-20-11-9-17(18(12-19)14(20)3)15-4-6-16(21)7-5-15/h4-7,9,11,13,21H,3,8,10H2,1-2H3. The van der Waals surface area contributed by atoms with Crippen LogP contribution in [0.4, 0.5) is 0 Å². The molecule has 108 valence electrons. The van der Waals surface area contributed by atoms with E-state index in [4.69, 9.17) is 0 Å². The topological polar surface area (TPSA) is 47.3 Å². The fourth-order valence-corrected chi connectivity index (χ4v) is 2.25. The Morgan fingerprint density at radius 2 is 1.95 bits per heavy atom. The number of allylic oxidation sites excluding steroid dienone is 3. The van der Waals surface area contributed by atoms with Crippen LogP contribution in [-0.2, 0) is 0 Å². The summed E-state index contributed by atoms with van der Waals surface area (Å²) < 4.78 is 0. The fraction of sp³-hybridized carbons (Fsp3) is 0.278. The lowest BCUT2D eigenvalue weighted by Gasteiger charge is -2.27. The number of rotatable bonds is 4. The molecule has 1 N–H and O–H groups in total. The average molecular weight is 280 g/mol. The molecule has 0 atom stereocenters. The maximum Gasteiger partial charge on any atom is 0.115 e. The van der Waals surface area contributed by atoms with Crippen LogP contribution in [0, 0.1) is 17.2 Å². The highest BCUT2D eigenvalue weighted by atomic mass is 16.3. The van der Waals surface area contributed by atoms with Gasteiger partial charge in [-0.25, -0.2) is 0 Å². The van der Waals surface area contributed by atoms with Gasteiger partial charge in [-0.15, -0.1) is 0 Å². The van der Waals surface area contributed by atoms with Gasteiger partial charge in [-0.3, -0.25) is 0 Å². The van der Waals surface area contributed by atoms with Gasteiger partial charge in [0.15, 0.2) is 0 Å². The lowest BCUT2D eigenvalue weighted by atomic mass is 9.95. The van der Waals surface area contributed by atoms with Crippen molar-refractivity contribution in [2.45, 2.75) is 20.3 Å². The van der Waals surface area contributed by atoms with E-state index >= 15 is 0 Å². The van der Waals surface area contributed by atoms with E-state index in [1.54, 1.807) is 12.1 Å². The Balaban J connectivity index is 2.29. The van der Waals surface area contributed by atoms with E-state index in [2.05, 4.69) is 26.5 Å². The predicted octanol–water partition coefficient (Wildman–Crippen LogP) is 4.06. The molecule has 0 aliphatic carbocycles. The number of benzene rings is 1. The Bertz CT molecular complexity index is 630. The lowest BCUT2D eigenvalue weighted by Crippen LogP contribution is -2.22. The fourth-order valence-electron chi connectivity index (χ4n) is 2.25. The predicted molar refractivity (Wildman–Crippen MR) is 85.1 cm³/mol. The van der Waals surface area contributed by atoms with Crippen molar-refractivity contribution in [2.24, 2.45) is 5.92 Å². The van der Waals surface area contributed by atoms with Gasteiger partial charge >= 0.3 is 0 Å². The van der Waals surface area contributed by atoms with E-state index in [0.717, 1.165) is 29.8 Å². The molecule has 0 aromatic heterocycles. The molecule has 1 aliphatic heterocycles. The zero-order chi connectivity index (χ0) is 15.4. The van der Waals surface area contributed by atoms with Crippen LogP contribution in [0.3, 0.4) is 0 Å². The molecule has 1 aliphatic rings. The van der Waals surface area contributed by atoms with Crippen molar-refractivity contribution < 1.29 is 5.11 Å². The van der Waals surface area contributed by atoms with E-state index in [1.165, 1.54) is 0 Å². The Morgan fingerprint density at radius 1 is 1.29 bits per heavy atom. The van der Waals surface area contributed by atoms with Crippen LogP contribution < -0.4 is 0 Å². The van der Waals surface area contributed by atoms with Crippen molar-refractivity contribution in [2.75, 3.05) is 6.54 Å². The second kappa shape index (κ2) is 6.32.